The Hall–Kier alpha value is -3.26. The number of nitrogens with zero attached hydrogens (tertiary/aromatic N) is 2. The molecule has 156 valence electrons. The van der Waals surface area contributed by atoms with E-state index in [2.05, 4.69) is 38.2 Å². The molecule has 0 aliphatic heterocycles. The molecule has 0 saturated carbocycles. The van der Waals surface area contributed by atoms with E-state index >= 15 is 0 Å². The summed E-state index contributed by atoms with van der Waals surface area (Å²) in [5.41, 5.74) is 3.78. The molecule has 0 fully saturated rings. The van der Waals surface area contributed by atoms with Crippen molar-refractivity contribution in [2.45, 2.75) is 18.7 Å². The molecule has 1 aromatic heterocycles. The number of aryl methyl sites for hydroxylation is 2. The lowest BCUT2D eigenvalue weighted by atomic mass is 10.2. The van der Waals surface area contributed by atoms with Crippen molar-refractivity contribution in [1.82, 2.24) is 15.3 Å². The van der Waals surface area contributed by atoms with Gasteiger partial charge in [0.2, 0.25) is 5.95 Å². The predicted octanol–water partition coefficient (Wildman–Crippen LogP) is 4.79. The Bertz CT molecular complexity index is 993. The second kappa shape index (κ2) is 10.5. The fourth-order valence-corrected chi connectivity index (χ4v) is 3.18. The van der Waals surface area contributed by atoms with Crippen molar-refractivity contribution in [3.8, 4) is 0 Å². The number of hydrogen-bond donors (Lipinski definition) is 4. The zero-order valence-corrected chi connectivity index (χ0v) is 18.1. The van der Waals surface area contributed by atoms with Gasteiger partial charge in [0.05, 0.1) is 0 Å². The standard InChI is InChI=1S/C22H26N6OS/c1-15-7-9-17(10-8-15)26-20-13-16(2)25-21(28-20)23-11-12-24-22(29)27-18-5-4-6-19(14-18)30-3/h4-10,13-14H,11-12H2,1-3H3,(H2,24,27,29)(H2,23,25,26,28). The van der Waals surface area contributed by atoms with Crippen molar-refractivity contribution < 1.29 is 4.79 Å². The molecule has 0 atom stereocenters. The number of urea groups is 1. The zero-order valence-electron chi connectivity index (χ0n) is 17.3. The van der Waals surface area contributed by atoms with Crippen LogP contribution in [0.4, 0.5) is 27.9 Å². The maximum atomic E-state index is 12.1. The van der Waals surface area contributed by atoms with E-state index in [9.17, 15) is 4.79 Å². The molecule has 0 unspecified atom stereocenters. The molecule has 30 heavy (non-hydrogen) atoms. The molecule has 1 heterocycles. The minimum absolute atomic E-state index is 0.248. The van der Waals surface area contributed by atoms with Gasteiger partial charge in [0.15, 0.2) is 0 Å². The van der Waals surface area contributed by atoms with Gasteiger partial charge in [-0.25, -0.2) is 9.78 Å². The fourth-order valence-electron chi connectivity index (χ4n) is 2.72. The van der Waals surface area contributed by atoms with E-state index in [1.807, 2.05) is 67.8 Å². The van der Waals surface area contributed by atoms with Gasteiger partial charge in [-0.1, -0.05) is 23.8 Å². The Labute approximate surface area is 181 Å². The van der Waals surface area contributed by atoms with Crippen LogP contribution >= 0.6 is 11.8 Å². The van der Waals surface area contributed by atoms with Crippen LogP contribution in [0.2, 0.25) is 0 Å². The summed E-state index contributed by atoms with van der Waals surface area (Å²) in [6, 6.07) is 17.5. The van der Waals surface area contributed by atoms with Crippen LogP contribution in [0.15, 0.2) is 59.5 Å². The van der Waals surface area contributed by atoms with Crippen molar-refractivity contribution in [1.29, 1.82) is 0 Å². The van der Waals surface area contributed by atoms with Crippen LogP contribution < -0.4 is 21.3 Å². The van der Waals surface area contributed by atoms with Crippen molar-refractivity contribution in [2.24, 2.45) is 0 Å². The quantitative estimate of drug-likeness (QED) is 0.308. The summed E-state index contributed by atoms with van der Waals surface area (Å²) in [7, 11) is 0. The highest BCUT2D eigenvalue weighted by atomic mass is 32.2. The van der Waals surface area contributed by atoms with Gasteiger partial charge in [0.1, 0.15) is 5.82 Å². The van der Waals surface area contributed by atoms with E-state index in [0.717, 1.165) is 22.0 Å². The maximum absolute atomic E-state index is 12.1. The van der Waals surface area contributed by atoms with Gasteiger partial charge in [0, 0.05) is 41.1 Å². The third-order valence-electron chi connectivity index (χ3n) is 4.20. The zero-order chi connectivity index (χ0) is 21.3. The molecule has 8 heteroatoms. The average Bonchev–Trinajstić information content (AvgIpc) is 2.73. The molecule has 0 aliphatic carbocycles. The number of hydrogen-bond acceptors (Lipinski definition) is 6. The van der Waals surface area contributed by atoms with Crippen molar-refractivity contribution in [3.05, 3.63) is 65.9 Å². The van der Waals surface area contributed by atoms with Gasteiger partial charge in [0.25, 0.3) is 0 Å². The summed E-state index contributed by atoms with van der Waals surface area (Å²) < 4.78 is 0. The number of rotatable bonds is 8. The van der Waals surface area contributed by atoms with E-state index in [1.165, 1.54) is 5.56 Å². The number of thioether (sulfide) groups is 1. The molecule has 0 aliphatic rings. The third-order valence-corrected chi connectivity index (χ3v) is 4.92. The van der Waals surface area contributed by atoms with E-state index < -0.39 is 0 Å². The van der Waals surface area contributed by atoms with Gasteiger partial charge >= 0.3 is 6.03 Å². The molecule has 3 aromatic rings. The molecule has 4 N–H and O–H groups in total. The molecular weight excluding hydrogens is 396 g/mol. The SMILES string of the molecule is CSc1cccc(NC(=O)NCCNc2nc(C)cc(Nc3ccc(C)cc3)n2)c1. The van der Waals surface area contributed by atoms with E-state index in [0.29, 0.717) is 24.9 Å². The molecule has 0 radical (unpaired) electrons. The molecular formula is C22H26N6OS. The summed E-state index contributed by atoms with van der Waals surface area (Å²) >= 11 is 1.63. The largest absolute Gasteiger partial charge is 0.352 e. The number of anilines is 4. The second-order valence-corrected chi connectivity index (χ2v) is 7.63. The first kappa shape index (κ1) is 21.4. The first-order valence-electron chi connectivity index (χ1n) is 9.64. The second-order valence-electron chi connectivity index (χ2n) is 6.75. The number of aromatic nitrogens is 2. The first-order valence-corrected chi connectivity index (χ1v) is 10.9. The topological polar surface area (TPSA) is 91.0 Å². The third kappa shape index (κ3) is 6.66. The van der Waals surface area contributed by atoms with Crippen LogP contribution in [0.1, 0.15) is 11.3 Å². The molecule has 0 spiro atoms. The number of amides is 2. The van der Waals surface area contributed by atoms with Crippen molar-refractivity contribution in [2.75, 3.05) is 35.3 Å². The van der Waals surface area contributed by atoms with Gasteiger partial charge in [-0.3, -0.25) is 0 Å². The maximum Gasteiger partial charge on any atom is 0.319 e. The Morgan fingerprint density at radius 3 is 2.53 bits per heavy atom. The van der Waals surface area contributed by atoms with Gasteiger partial charge in [-0.15, -0.1) is 11.8 Å². The van der Waals surface area contributed by atoms with E-state index in [-0.39, 0.29) is 6.03 Å². The Balaban J connectivity index is 1.47. The van der Waals surface area contributed by atoms with Crippen LogP contribution in [0.5, 0.6) is 0 Å². The highest BCUT2D eigenvalue weighted by Crippen LogP contribution is 2.19. The highest BCUT2D eigenvalue weighted by molar-refractivity contribution is 7.98. The lowest BCUT2D eigenvalue weighted by Crippen LogP contribution is -2.32. The minimum Gasteiger partial charge on any atom is -0.352 e. The number of nitrogens with one attached hydrogen (secondary N) is 4. The molecule has 0 saturated heterocycles. The minimum atomic E-state index is -0.248. The predicted molar refractivity (Wildman–Crippen MR) is 125 cm³/mol. The number of carbonyl (C=O) groups is 1. The van der Waals surface area contributed by atoms with Gasteiger partial charge in [-0.05, 0) is 50.4 Å². The highest BCUT2D eigenvalue weighted by Gasteiger charge is 2.05. The lowest BCUT2D eigenvalue weighted by Gasteiger charge is -2.11. The Morgan fingerprint density at radius 1 is 0.967 bits per heavy atom. The monoisotopic (exact) mass is 422 g/mol. The molecule has 0 bridgehead atoms. The summed E-state index contributed by atoms with van der Waals surface area (Å²) in [6.07, 6.45) is 2.00. The van der Waals surface area contributed by atoms with Crippen LogP contribution in [0.3, 0.4) is 0 Å². The number of benzene rings is 2. The van der Waals surface area contributed by atoms with E-state index in [1.54, 1.807) is 11.8 Å². The van der Waals surface area contributed by atoms with Gasteiger partial charge in [-0.2, -0.15) is 4.98 Å². The molecule has 7 nitrogen and oxygen atoms in total. The van der Waals surface area contributed by atoms with Crippen LogP contribution in [-0.4, -0.2) is 35.3 Å². The van der Waals surface area contributed by atoms with Crippen molar-refractivity contribution >= 4 is 40.9 Å². The molecule has 2 aromatic carbocycles. The van der Waals surface area contributed by atoms with Crippen LogP contribution in [-0.2, 0) is 0 Å². The number of carbonyl (C=O) groups excluding carboxylic acids is 1. The molecule has 3 rings (SSSR count). The Morgan fingerprint density at radius 2 is 1.77 bits per heavy atom. The Kier molecular flexibility index (Phi) is 7.51. The normalized spacial score (nSPS) is 10.4. The summed E-state index contributed by atoms with van der Waals surface area (Å²) in [5, 5.41) is 12.1. The first-order chi connectivity index (χ1) is 14.5. The van der Waals surface area contributed by atoms with Crippen LogP contribution in [0, 0.1) is 13.8 Å². The average molecular weight is 423 g/mol. The van der Waals surface area contributed by atoms with Crippen LogP contribution in [0.25, 0.3) is 0 Å². The van der Waals surface area contributed by atoms with Crippen molar-refractivity contribution in [3.63, 3.8) is 0 Å². The summed E-state index contributed by atoms with van der Waals surface area (Å²) in [4.78, 5) is 22.1. The smallest absolute Gasteiger partial charge is 0.319 e. The lowest BCUT2D eigenvalue weighted by molar-refractivity contribution is 0.252. The van der Waals surface area contributed by atoms with E-state index in [4.69, 9.17) is 0 Å². The van der Waals surface area contributed by atoms with Gasteiger partial charge < -0.3 is 21.3 Å². The fraction of sp³-hybridized carbons (Fsp3) is 0.227. The molecule has 2 amide bonds. The summed E-state index contributed by atoms with van der Waals surface area (Å²) in [6.45, 7) is 4.91. The summed E-state index contributed by atoms with van der Waals surface area (Å²) in [5.74, 6) is 1.23.